The molecule has 0 atom stereocenters. The number of carbonyl (C=O) groups is 1. The number of carbonyl (C=O) groups excluding carboxylic acids is 1. The predicted molar refractivity (Wildman–Crippen MR) is 90.2 cm³/mol. The van der Waals surface area contributed by atoms with Crippen molar-refractivity contribution in [2.24, 2.45) is 0 Å². The average molecular weight is 333 g/mol. The lowest BCUT2D eigenvalue weighted by Gasteiger charge is -2.29. The van der Waals surface area contributed by atoms with Gasteiger partial charge in [-0.15, -0.1) is 11.3 Å². The number of aryl methyl sites for hydroxylation is 1. The SMILES string of the molecule is Cc1ccc(CN(C)C(=O)CNC2(c3nccs3)CCCC2)o1. The normalized spacial score (nSPS) is 16.6. The summed E-state index contributed by atoms with van der Waals surface area (Å²) in [5.74, 6) is 1.75. The lowest BCUT2D eigenvalue weighted by molar-refractivity contribution is -0.130. The van der Waals surface area contributed by atoms with Crippen LogP contribution in [0.1, 0.15) is 42.2 Å². The van der Waals surface area contributed by atoms with Gasteiger partial charge in [0, 0.05) is 18.6 Å². The molecule has 2 aromatic rings. The molecule has 1 N–H and O–H groups in total. The van der Waals surface area contributed by atoms with Gasteiger partial charge in [0.05, 0.1) is 18.6 Å². The van der Waals surface area contributed by atoms with Crippen LogP contribution < -0.4 is 5.32 Å². The number of hydrogen-bond acceptors (Lipinski definition) is 5. The van der Waals surface area contributed by atoms with Crippen LogP contribution in [0.3, 0.4) is 0 Å². The van der Waals surface area contributed by atoms with Gasteiger partial charge in [-0.3, -0.25) is 10.1 Å². The molecule has 1 amide bonds. The Bertz CT molecular complexity index is 645. The molecule has 1 saturated carbocycles. The first-order valence-corrected chi connectivity index (χ1v) is 8.91. The Hall–Kier alpha value is -1.66. The minimum atomic E-state index is -0.119. The summed E-state index contributed by atoms with van der Waals surface area (Å²) in [5.41, 5.74) is -0.119. The second-order valence-corrected chi connectivity index (χ2v) is 7.14. The molecular weight excluding hydrogens is 310 g/mol. The number of hydrogen-bond donors (Lipinski definition) is 1. The second-order valence-electron chi connectivity index (χ2n) is 6.24. The Morgan fingerprint density at radius 1 is 1.43 bits per heavy atom. The molecule has 0 spiro atoms. The van der Waals surface area contributed by atoms with Gasteiger partial charge in [0.25, 0.3) is 0 Å². The first kappa shape index (κ1) is 16.2. The summed E-state index contributed by atoms with van der Waals surface area (Å²) in [5, 5.41) is 6.60. The molecule has 0 radical (unpaired) electrons. The van der Waals surface area contributed by atoms with E-state index in [1.54, 1.807) is 16.2 Å². The summed E-state index contributed by atoms with van der Waals surface area (Å²) in [6.45, 7) is 2.74. The highest BCUT2D eigenvalue weighted by Gasteiger charge is 2.37. The van der Waals surface area contributed by atoms with Crippen molar-refractivity contribution in [3.8, 4) is 0 Å². The minimum Gasteiger partial charge on any atom is -0.464 e. The molecule has 5 nitrogen and oxygen atoms in total. The Labute approximate surface area is 140 Å². The number of aromatic nitrogens is 1. The summed E-state index contributed by atoms with van der Waals surface area (Å²) >= 11 is 1.67. The van der Waals surface area contributed by atoms with Gasteiger partial charge in [0.2, 0.25) is 5.91 Å². The zero-order chi connectivity index (χ0) is 16.3. The zero-order valence-electron chi connectivity index (χ0n) is 13.7. The largest absolute Gasteiger partial charge is 0.464 e. The molecule has 23 heavy (non-hydrogen) atoms. The molecular formula is C17H23N3O2S. The van der Waals surface area contributed by atoms with Crippen LogP contribution in [0.4, 0.5) is 0 Å². The quantitative estimate of drug-likeness (QED) is 0.883. The first-order chi connectivity index (χ1) is 11.1. The van der Waals surface area contributed by atoms with Crippen LogP contribution in [0.5, 0.6) is 0 Å². The number of nitrogens with one attached hydrogen (secondary N) is 1. The van der Waals surface area contributed by atoms with Crippen molar-refractivity contribution in [1.82, 2.24) is 15.2 Å². The Morgan fingerprint density at radius 2 is 2.22 bits per heavy atom. The average Bonchev–Trinajstić information content (AvgIpc) is 3.26. The topological polar surface area (TPSA) is 58.4 Å². The molecule has 0 aliphatic heterocycles. The highest BCUT2D eigenvalue weighted by Crippen LogP contribution is 2.39. The summed E-state index contributed by atoms with van der Waals surface area (Å²) in [6, 6.07) is 3.84. The van der Waals surface area contributed by atoms with E-state index in [9.17, 15) is 4.79 Å². The summed E-state index contributed by atoms with van der Waals surface area (Å²) in [4.78, 5) is 18.6. The van der Waals surface area contributed by atoms with E-state index in [0.717, 1.165) is 29.4 Å². The molecule has 2 heterocycles. The molecule has 3 rings (SSSR count). The second kappa shape index (κ2) is 6.84. The van der Waals surface area contributed by atoms with Crippen molar-refractivity contribution in [3.05, 3.63) is 40.2 Å². The van der Waals surface area contributed by atoms with Gasteiger partial charge in [-0.25, -0.2) is 4.98 Å². The number of likely N-dealkylation sites (N-methyl/N-ethyl adjacent to an activating group) is 1. The van der Waals surface area contributed by atoms with Crippen LogP contribution >= 0.6 is 11.3 Å². The van der Waals surface area contributed by atoms with E-state index in [-0.39, 0.29) is 11.4 Å². The summed E-state index contributed by atoms with van der Waals surface area (Å²) < 4.78 is 5.54. The third-order valence-electron chi connectivity index (χ3n) is 4.49. The Kier molecular flexibility index (Phi) is 4.82. The van der Waals surface area contributed by atoms with Gasteiger partial charge in [-0.1, -0.05) is 12.8 Å². The number of nitrogens with zero attached hydrogens (tertiary/aromatic N) is 2. The molecule has 124 valence electrons. The van der Waals surface area contributed by atoms with Crippen LogP contribution in [0.15, 0.2) is 28.1 Å². The van der Waals surface area contributed by atoms with Crippen molar-refractivity contribution in [3.63, 3.8) is 0 Å². The van der Waals surface area contributed by atoms with Crippen LogP contribution in [-0.2, 0) is 16.9 Å². The van der Waals surface area contributed by atoms with Gasteiger partial charge < -0.3 is 9.32 Å². The maximum atomic E-state index is 12.4. The van der Waals surface area contributed by atoms with Crippen molar-refractivity contribution >= 4 is 17.2 Å². The maximum absolute atomic E-state index is 12.4. The van der Waals surface area contributed by atoms with Gasteiger partial charge in [0.15, 0.2) is 0 Å². The Balaban J connectivity index is 1.59. The fourth-order valence-corrected chi connectivity index (χ4v) is 4.05. The van der Waals surface area contributed by atoms with Gasteiger partial charge in [0.1, 0.15) is 16.5 Å². The highest BCUT2D eigenvalue weighted by atomic mass is 32.1. The van der Waals surface area contributed by atoms with Crippen molar-refractivity contribution in [2.45, 2.75) is 44.7 Å². The van der Waals surface area contributed by atoms with E-state index in [1.807, 2.05) is 37.7 Å². The van der Waals surface area contributed by atoms with Gasteiger partial charge in [-0.05, 0) is 31.9 Å². The molecule has 6 heteroatoms. The monoisotopic (exact) mass is 333 g/mol. The van der Waals surface area contributed by atoms with Crippen molar-refractivity contribution < 1.29 is 9.21 Å². The van der Waals surface area contributed by atoms with Crippen LogP contribution in [0, 0.1) is 6.92 Å². The number of rotatable bonds is 6. The molecule has 1 fully saturated rings. The van der Waals surface area contributed by atoms with Gasteiger partial charge >= 0.3 is 0 Å². The molecule has 0 unspecified atom stereocenters. The number of thiazole rings is 1. The standard InChI is InChI=1S/C17H23N3O2S/c1-13-5-6-14(22-13)12-20(2)15(21)11-19-17(7-3-4-8-17)16-18-9-10-23-16/h5-6,9-10,19H,3-4,7-8,11-12H2,1-2H3. The van der Waals surface area contributed by atoms with Crippen molar-refractivity contribution in [1.29, 1.82) is 0 Å². The van der Waals surface area contributed by atoms with E-state index in [2.05, 4.69) is 10.3 Å². The fraction of sp³-hybridized carbons (Fsp3) is 0.529. The fourth-order valence-electron chi connectivity index (χ4n) is 3.18. The molecule has 0 saturated heterocycles. The zero-order valence-corrected chi connectivity index (χ0v) is 14.5. The van der Waals surface area contributed by atoms with E-state index in [0.29, 0.717) is 13.1 Å². The third-order valence-corrected chi connectivity index (χ3v) is 5.47. The lowest BCUT2D eigenvalue weighted by Crippen LogP contribution is -2.45. The first-order valence-electron chi connectivity index (χ1n) is 8.03. The van der Waals surface area contributed by atoms with Crippen LogP contribution in [0.2, 0.25) is 0 Å². The summed E-state index contributed by atoms with van der Waals surface area (Å²) in [7, 11) is 1.81. The molecule has 2 aromatic heterocycles. The van der Waals surface area contributed by atoms with E-state index >= 15 is 0 Å². The third kappa shape index (κ3) is 3.64. The molecule has 0 bridgehead atoms. The molecule has 0 aromatic carbocycles. The number of amides is 1. The number of furan rings is 1. The van der Waals surface area contributed by atoms with E-state index < -0.39 is 0 Å². The minimum absolute atomic E-state index is 0.0712. The van der Waals surface area contributed by atoms with Crippen LogP contribution in [0.25, 0.3) is 0 Å². The maximum Gasteiger partial charge on any atom is 0.236 e. The highest BCUT2D eigenvalue weighted by molar-refractivity contribution is 7.09. The molecule has 1 aliphatic carbocycles. The molecule has 1 aliphatic rings. The smallest absolute Gasteiger partial charge is 0.236 e. The van der Waals surface area contributed by atoms with E-state index in [1.165, 1.54) is 12.8 Å². The predicted octanol–water partition coefficient (Wildman–Crippen LogP) is 3.06. The van der Waals surface area contributed by atoms with Gasteiger partial charge in [-0.2, -0.15) is 0 Å². The van der Waals surface area contributed by atoms with E-state index in [4.69, 9.17) is 4.42 Å². The lowest BCUT2D eigenvalue weighted by atomic mass is 9.98. The van der Waals surface area contributed by atoms with Crippen molar-refractivity contribution in [2.75, 3.05) is 13.6 Å². The summed E-state index contributed by atoms with van der Waals surface area (Å²) in [6.07, 6.45) is 6.31. The Morgan fingerprint density at radius 3 is 2.83 bits per heavy atom. The van der Waals surface area contributed by atoms with Crippen LogP contribution in [-0.4, -0.2) is 29.4 Å².